The molecular weight excluding hydrogens is 678 g/mol. The molecule has 1 N–H and O–H groups in total. The van der Waals surface area contributed by atoms with E-state index in [2.05, 4.69) is 4.90 Å². The molecule has 4 fully saturated rings. The number of allylic oxidation sites excluding steroid dienone is 2. The Morgan fingerprint density at radius 3 is 2.15 bits per heavy atom. The van der Waals surface area contributed by atoms with Crippen LogP contribution >= 0.6 is 11.6 Å². The fourth-order valence-corrected chi connectivity index (χ4v) is 9.89. The normalized spacial score (nSPS) is 28.4. The molecule has 6 atom stereocenters. The first-order valence-corrected chi connectivity index (χ1v) is 18.2. The Kier molecular flexibility index (Phi) is 7.82. The number of benzene rings is 4. The van der Waals surface area contributed by atoms with Crippen LogP contribution in [0.1, 0.15) is 29.9 Å². The van der Waals surface area contributed by atoms with Crippen molar-refractivity contribution in [1.29, 1.82) is 0 Å². The maximum atomic E-state index is 15.3. The maximum absolute atomic E-state index is 15.3. The Balaban J connectivity index is 1.18. The summed E-state index contributed by atoms with van der Waals surface area (Å²) in [7, 11) is 0. The highest BCUT2D eigenvalue weighted by Crippen LogP contribution is 2.65. The van der Waals surface area contributed by atoms with Gasteiger partial charge in [0, 0.05) is 35.3 Å². The predicted octanol–water partition coefficient (Wildman–Crippen LogP) is 6.25. The van der Waals surface area contributed by atoms with E-state index < -0.39 is 46.8 Å². The van der Waals surface area contributed by atoms with Gasteiger partial charge in [-0.25, -0.2) is 4.90 Å². The summed E-state index contributed by atoms with van der Waals surface area (Å²) < 4.78 is 5.49. The quantitative estimate of drug-likeness (QED) is 0.193. The topological polar surface area (TPSA) is 107 Å². The molecule has 4 amide bonds. The summed E-state index contributed by atoms with van der Waals surface area (Å²) in [6.07, 6.45) is 2.47. The van der Waals surface area contributed by atoms with Crippen LogP contribution in [0.25, 0.3) is 0 Å². The number of hydrogen-bond donors (Lipinski definition) is 1. The smallest absolute Gasteiger partial charge is 0.246 e. The molecule has 10 heteroatoms. The Morgan fingerprint density at radius 1 is 0.712 bits per heavy atom. The van der Waals surface area contributed by atoms with Crippen LogP contribution in [0.15, 0.2) is 115 Å². The van der Waals surface area contributed by atoms with Crippen LogP contribution < -0.4 is 14.7 Å². The molecule has 0 spiro atoms. The lowest BCUT2D eigenvalue weighted by Gasteiger charge is -2.50. The van der Waals surface area contributed by atoms with Crippen molar-refractivity contribution in [2.45, 2.75) is 24.2 Å². The lowest BCUT2D eigenvalue weighted by atomic mass is 9.49. The SMILES string of the molecule is O=C1C2CC=C3C(CC4C(=O)N(c5cccc(Cl)c5)C(=O)C4(c4ccccc4)C3c3ccccc3O)C2C(=O)N1c1ccc(N2CCOCC2)cc1. The summed E-state index contributed by atoms with van der Waals surface area (Å²) in [6, 6.07) is 30.4. The van der Waals surface area contributed by atoms with Gasteiger partial charge in [-0.15, -0.1) is 0 Å². The summed E-state index contributed by atoms with van der Waals surface area (Å²) in [4.78, 5) is 63.7. The van der Waals surface area contributed by atoms with Crippen LogP contribution in [0.5, 0.6) is 5.75 Å². The molecule has 6 unspecified atom stereocenters. The second-order valence-electron chi connectivity index (χ2n) is 14.3. The minimum absolute atomic E-state index is 0.0116. The zero-order valence-electron chi connectivity index (χ0n) is 28.2. The largest absolute Gasteiger partial charge is 0.508 e. The lowest BCUT2D eigenvalue weighted by Crippen LogP contribution is -2.53. The van der Waals surface area contributed by atoms with Gasteiger partial charge in [0.2, 0.25) is 23.6 Å². The zero-order valence-corrected chi connectivity index (χ0v) is 29.0. The number of morpholine rings is 1. The molecule has 262 valence electrons. The van der Waals surface area contributed by atoms with Crippen molar-refractivity contribution in [2.75, 3.05) is 41.0 Å². The number of amides is 4. The zero-order chi connectivity index (χ0) is 35.7. The first-order chi connectivity index (χ1) is 25.3. The summed E-state index contributed by atoms with van der Waals surface area (Å²) in [5, 5.41) is 11.9. The third kappa shape index (κ3) is 4.72. The van der Waals surface area contributed by atoms with Crippen LogP contribution in [-0.4, -0.2) is 55.0 Å². The Bertz CT molecular complexity index is 2150. The maximum Gasteiger partial charge on any atom is 0.246 e. The molecule has 4 aromatic carbocycles. The van der Waals surface area contributed by atoms with Crippen LogP contribution in [0.4, 0.5) is 17.1 Å². The lowest BCUT2D eigenvalue weighted by molar-refractivity contribution is -0.127. The van der Waals surface area contributed by atoms with Crippen molar-refractivity contribution in [2.24, 2.45) is 23.7 Å². The van der Waals surface area contributed by atoms with E-state index in [1.54, 1.807) is 48.5 Å². The summed E-state index contributed by atoms with van der Waals surface area (Å²) >= 11 is 6.40. The van der Waals surface area contributed by atoms with Crippen LogP contribution in [0.3, 0.4) is 0 Å². The Labute approximate surface area is 306 Å². The second kappa shape index (κ2) is 12.5. The molecule has 0 radical (unpaired) electrons. The summed E-state index contributed by atoms with van der Waals surface area (Å²) in [5.41, 5.74) is 2.35. The number of anilines is 3. The molecule has 9 nitrogen and oxygen atoms in total. The molecule has 4 aromatic rings. The molecule has 0 bridgehead atoms. The number of aromatic hydroxyl groups is 1. The molecule has 0 aromatic heterocycles. The molecule has 52 heavy (non-hydrogen) atoms. The van der Waals surface area contributed by atoms with Crippen molar-refractivity contribution >= 4 is 52.3 Å². The van der Waals surface area contributed by atoms with Crippen molar-refractivity contribution in [3.8, 4) is 5.75 Å². The molecule has 3 aliphatic heterocycles. The third-order valence-corrected chi connectivity index (χ3v) is 12.1. The van der Waals surface area contributed by atoms with E-state index in [4.69, 9.17) is 16.3 Å². The Hall–Kier alpha value is -5.25. The molecular formula is C42H36ClN3O6. The molecule has 2 aliphatic carbocycles. The fraction of sp³-hybridized carbons (Fsp3) is 0.286. The number of imide groups is 2. The average molecular weight is 714 g/mol. The van der Waals surface area contributed by atoms with Crippen LogP contribution in [-0.2, 0) is 29.3 Å². The van der Waals surface area contributed by atoms with E-state index >= 15 is 4.79 Å². The van der Waals surface area contributed by atoms with Crippen LogP contribution in [0.2, 0.25) is 5.02 Å². The van der Waals surface area contributed by atoms with Gasteiger partial charge < -0.3 is 14.7 Å². The number of nitrogens with zero attached hydrogens (tertiary/aromatic N) is 3. The standard InChI is InChI=1S/C42H36ClN3O6/c43-26-9-6-10-29(23-26)46-39(49)34-24-33-30(37(31-11-4-5-12-35(31)47)42(34,41(46)51)25-7-2-1-3-8-25)17-18-32-36(33)40(50)45(38(32)48)28-15-13-27(14-16-28)44-19-21-52-22-20-44/h1-17,23,32-34,36-37,47H,18-22,24H2. The number of para-hydroxylation sites is 1. The highest BCUT2D eigenvalue weighted by atomic mass is 35.5. The van der Waals surface area contributed by atoms with Gasteiger partial charge in [0.15, 0.2) is 0 Å². The molecule has 3 saturated heterocycles. The number of halogens is 1. The second-order valence-corrected chi connectivity index (χ2v) is 14.7. The van der Waals surface area contributed by atoms with Crippen molar-refractivity contribution in [1.82, 2.24) is 0 Å². The summed E-state index contributed by atoms with van der Waals surface area (Å²) in [6.45, 7) is 2.82. The highest BCUT2D eigenvalue weighted by molar-refractivity contribution is 6.32. The van der Waals surface area contributed by atoms with Gasteiger partial charge in [0.1, 0.15) is 5.75 Å². The fourth-order valence-electron chi connectivity index (χ4n) is 9.71. The van der Waals surface area contributed by atoms with E-state index in [9.17, 15) is 19.5 Å². The van der Waals surface area contributed by atoms with Crippen molar-refractivity contribution in [3.63, 3.8) is 0 Å². The monoisotopic (exact) mass is 713 g/mol. The van der Waals surface area contributed by atoms with E-state index in [0.717, 1.165) is 24.4 Å². The van der Waals surface area contributed by atoms with E-state index in [1.165, 1.54) is 9.80 Å². The average Bonchev–Trinajstić information content (AvgIpc) is 3.56. The number of carbonyl (C=O) groups is 4. The number of ether oxygens (including phenoxy) is 1. The molecule has 3 heterocycles. The molecule has 1 saturated carbocycles. The number of fused-ring (bicyclic) bond motifs is 4. The van der Waals surface area contributed by atoms with Gasteiger partial charge in [0.25, 0.3) is 0 Å². The first kappa shape index (κ1) is 32.6. The minimum Gasteiger partial charge on any atom is -0.508 e. The highest BCUT2D eigenvalue weighted by Gasteiger charge is 2.70. The van der Waals surface area contributed by atoms with Gasteiger partial charge in [-0.2, -0.15) is 0 Å². The number of rotatable bonds is 5. The van der Waals surface area contributed by atoms with Gasteiger partial charge >= 0.3 is 0 Å². The van der Waals surface area contributed by atoms with Gasteiger partial charge in [-0.05, 0) is 72.9 Å². The van der Waals surface area contributed by atoms with E-state index in [0.29, 0.717) is 47.2 Å². The molecule has 5 aliphatic rings. The Morgan fingerprint density at radius 2 is 1.42 bits per heavy atom. The number of hydrogen-bond acceptors (Lipinski definition) is 7. The third-order valence-electron chi connectivity index (χ3n) is 11.9. The van der Waals surface area contributed by atoms with Crippen molar-refractivity contribution in [3.05, 3.63) is 131 Å². The predicted molar refractivity (Wildman–Crippen MR) is 196 cm³/mol. The number of carbonyl (C=O) groups excluding carboxylic acids is 4. The van der Waals surface area contributed by atoms with Crippen molar-refractivity contribution < 1.29 is 29.0 Å². The van der Waals surface area contributed by atoms with Gasteiger partial charge in [0.05, 0.1) is 47.8 Å². The summed E-state index contributed by atoms with van der Waals surface area (Å²) in [5.74, 6) is -5.00. The number of phenolic OH excluding ortho intramolecular Hbond substituents is 1. The van der Waals surface area contributed by atoms with E-state index in [-0.39, 0.29) is 24.0 Å². The number of phenols is 1. The van der Waals surface area contributed by atoms with Gasteiger partial charge in [-0.3, -0.25) is 24.1 Å². The van der Waals surface area contributed by atoms with Crippen LogP contribution in [0, 0.1) is 23.7 Å². The first-order valence-electron chi connectivity index (χ1n) is 17.8. The van der Waals surface area contributed by atoms with Gasteiger partial charge in [-0.1, -0.05) is 77.8 Å². The van der Waals surface area contributed by atoms with E-state index in [1.807, 2.05) is 60.7 Å². The molecule has 9 rings (SSSR count). The minimum atomic E-state index is -1.45.